The lowest BCUT2D eigenvalue weighted by molar-refractivity contribution is 0.102. The third kappa shape index (κ3) is 3.10. The Bertz CT molecular complexity index is 1160. The van der Waals surface area contributed by atoms with Crippen LogP contribution < -0.4 is 5.32 Å². The third-order valence-corrected chi connectivity index (χ3v) is 4.71. The number of hydrogen-bond acceptors (Lipinski definition) is 5. The van der Waals surface area contributed by atoms with E-state index in [0.29, 0.717) is 22.6 Å². The Morgan fingerprint density at radius 3 is 2.78 bits per heavy atom. The van der Waals surface area contributed by atoms with Crippen molar-refractivity contribution in [2.24, 2.45) is 7.05 Å². The molecule has 0 atom stereocenters. The molecule has 1 aromatic carbocycles. The normalized spacial score (nSPS) is 11.1. The molecule has 0 unspecified atom stereocenters. The Hall–Kier alpha value is -3.07. The molecule has 0 spiro atoms. The largest absolute Gasteiger partial charge is 0.320 e. The number of pyridine rings is 1. The number of carbonyl (C=O) groups is 1. The highest BCUT2D eigenvalue weighted by Crippen LogP contribution is 2.27. The fourth-order valence-electron chi connectivity index (χ4n) is 3.08. The molecule has 0 radical (unpaired) electrons. The number of carbonyl (C=O) groups excluding carboxylic acids is 1. The maximum Gasteiger partial charge on any atom is 0.256 e. The van der Waals surface area contributed by atoms with Crippen molar-refractivity contribution in [3.63, 3.8) is 0 Å². The number of amides is 1. The summed E-state index contributed by atoms with van der Waals surface area (Å²) in [5.41, 5.74) is 4.06. The van der Waals surface area contributed by atoms with Crippen molar-refractivity contribution < 1.29 is 4.79 Å². The van der Waals surface area contributed by atoms with Crippen LogP contribution in [0.4, 0.5) is 5.69 Å². The molecule has 0 aliphatic rings. The molecule has 0 aliphatic carbocycles. The molecule has 0 aliphatic heterocycles. The molecule has 136 valence electrons. The molecule has 0 fully saturated rings. The summed E-state index contributed by atoms with van der Waals surface area (Å²) in [6, 6.07) is 7.35. The number of aryl methyl sites for hydroxylation is 3. The van der Waals surface area contributed by atoms with Gasteiger partial charge in [-0.3, -0.25) is 9.48 Å². The second-order valence-electron chi connectivity index (χ2n) is 6.17. The van der Waals surface area contributed by atoms with Crippen molar-refractivity contribution in [3.8, 4) is 5.69 Å². The van der Waals surface area contributed by atoms with Crippen LogP contribution in [0.2, 0.25) is 0 Å². The van der Waals surface area contributed by atoms with Gasteiger partial charge in [0.2, 0.25) is 0 Å². The maximum absolute atomic E-state index is 13.1. The van der Waals surface area contributed by atoms with Crippen molar-refractivity contribution in [2.45, 2.75) is 13.8 Å². The van der Waals surface area contributed by atoms with Gasteiger partial charge in [0.25, 0.3) is 5.91 Å². The summed E-state index contributed by atoms with van der Waals surface area (Å²) < 4.78 is 4.13. The summed E-state index contributed by atoms with van der Waals surface area (Å²) in [5, 5.41) is 12.3. The second kappa shape index (κ2) is 6.58. The van der Waals surface area contributed by atoms with Gasteiger partial charge in [0.05, 0.1) is 28.0 Å². The molecule has 0 saturated carbocycles. The number of aromatic nitrogens is 6. The zero-order chi connectivity index (χ0) is 19.1. The summed E-state index contributed by atoms with van der Waals surface area (Å²) in [6.45, 7) is 3.73. The minimum atomic E-state index is -0.235. The van der Waals surface area contributed by atoms with Crippen LogP contribution in [-0.2, 0) is 7.05 Å². The Balaban J connectivity index is 1.80. The first-order valence-electron chi connectivity index (χ1n) is 8.21. The van der Waals surface area contributed by atoms with Gasteiger partial charge in [-0.2, -0.15) is 10.2 Å². The number of rotatable bonds is 3. The van der Waals surface area contributed by atoms with E-state index < -0.39 is 0 Å². The van der Waals surface area contributed by atoms with Crippen molar-refractivity contribution in [3.05, 3.63) is 58.3 Å². The molecule has 9 heteroatoms. The second-order valence-corrected chi connectivity index (χ2v) is 7.09. The molecule has 4 rings (SSSR count). The highest BCUT2D eigenvalue weighted by atomic mass is 79.9. The van der Waals surface area contributed by atoms with Crippen LogP contribution in [0.5, 0.6) is 0 Å². The fraction of sp³-hybridized carbons (Fsp3) is 0.167. The molecule has 1 N–H and O–H groups in total. The first kappa shape index (κ1) is 17.3. The topological polar surface area (TPSA) is 90.5 Å². The highest BCUT2D eigenvalue weighted by molar-refractivity contribution is 9.10. The van der Waals surface area contributed by atoms with E-state index in [4.69, 9.17) is 0 Å². The fourth-order valence-corrected chi connectivity index (χ4v) is 3.44. The summed E-state index contributed by atoms with van der Waals surface area (Å²) in [7, 11) is 1.82. The number of nitrogens with one attached hydrogen (secondary N) is 1. The van der Waals surface area contributed by atoms with Gasteiger partial charge in [-0.25, -0.2) is 14.6 Å². The van der Waals surface area contributed by atoms with Gasteiger partial charge >= 0.3 is 0 Å². The van der Waals surface area contributed by atoms with Crippen LogP contribution in [0, 0.1) is 13.8 Å². The Labute approximate surface area is 163 Å². The van der Waals surface area contributed by atoms with Crippen LogP contribution in [-0.4, -0.2) is 35.4 Å². The summed E-state index contributed by atoms with van der Waals surface area (Å²) in [5.74, 6) is -0.235. The molecule has 27 heavy (non-hydrogen) atoms. The highest BCUT2D eigenvalue weighted by Gasteiger charge is 2.19. The molecule has 0 saturated heterocycles. The van der Waals surface area contributed by atoms with E-state index in [1.165, 1.54) is 6.33 Å². The van der Waals surface area contributed by atoms with Crippen LogP contribution in [0.15, 0.2) is 41.4 Å². The van der Waals surface area contributed by atoms with E-state index in [0.717, 1.165) is 21.2 Å². The molecule has 4 aromatic rings. The maximum atomic E-state index is 13.1. The molecular weight excluding hydrogens is 410 g/mol. The molecule has 3 heterocycles. The van der Waals surface area contributed by atoms with Crippen molar-refractivity contribution >= 4 is 38.6 Å². The number of benzene rings is 1. The van der Waals surface area contributed by atoms with Crippen LogP contribution >= 0.6 is 15.9 Å². The Morgan fingerprint density at radius 2 is 2.04 bits per heavy atom. The number of fused-ring (bicyclic) bond motifs is 1. The van der Waals surface area contributed by atoms with Crippen LogP contribution in [0.25, 0.3) is 16.7 Å². The number of anilines is 1. The van der Waals surface area contributed by atoms with E-state index in [-0.39, 0.29) is 5.91 Å². The van der Waals surface area contributed by atoms with Crippen molar-refractivity contribution in [2.75, 3.05) is 5.32 Å². The van der Waals surface area contributed by atoms with Gasteiger partial charge in [0, 0.05) is 17.2 Å². The van der Waals surface area contributed by atoms with Crippen molar-refractivity contribution in [1.82, 2.24) is 29.5 Å². The summed E-state index contributed by atoms with van der Waals surface area (Å²) in [6.07, 6.45) is 3.03. The molecule has 8 nitrogen and oxygen atoms in total. The van der Waals surface area contributed by atoms with E-state index in [1.54, 1.807) is 21.8 Å². The van der Waals surface area contributed by atoms with E-state index in [9.17, 15) is 4.79 Å². The average molecular weight is 426 g/mol. The van der Waals surface area contributed by atoms with Crippen LogP contribution in [0.3, 0.4) is 0 Å². The van der Waals surface area contributed by atoms with Gasteiger partial charge in [-0.1, -0.05) is 15.9 Å². The molecule has 0 bridgehead atoms. The minimum Gasteiger partial charge on any atom is -0.320 e. The summed E-state index contributed by atoms with van der Waals surface area (Å²) in [4.78, 5) is 21.6. The Morgan fingerprint density at radius 1 is 1.22 bits per heavy atom. The first-order chi connectivity index (χ1) is 12.9. The lowest BCUT2D eigenvalue weighted by atomic mass is 10.1. The predicted octanol–water partition coefficient (Wildman–Crippen LogP) is 3.18. The SMILES string of the molecule is Cc1cc(C(=O)Nc2cc(Br)ccc2-n2cncn2)c2c(C)nn(C)c2n1. The molecule has 3 aromatic heterocycles. The first-order valence-corrected chi connectivity index (χ1v) is 9.00. The van der Waals surface area contributed by atoms with E-state index in [1.807, 2.05) is 39.1 Å². The lowest BCUT2D eigenvalue weighted by Crippen LogP contribution is -2.15. The van der Waals surface area contributed by atoms with Gasteiger partial charge in [0.1, 0.15) is 12.7 Å². The quantitative estimate of drug-likeness (QED) is 0.544. The third-order valence-electron chi connectivity index (χ3n) is 4.21. The Kier molecular flexibility index (Phi) is 4.23. The number of hydrogen-bond donors (Lipinski definition) is 1. The molecular formula is C18H16BrN7O. The van der Waals surface area contributed by atoms with Gasteiger partial charge in [-0.15, -0.1) is 0 Å². The smallest absolute Gasteiger partial charge is 0.256 e. The lowest BCUT2D eigenvalue weighted by Gasteiger charge is -2.12. The zero-order valence-electron chi connectivity index (χ0n) is 14.9. The number of halogens is 1. The van der Waals surface area contributed by atoms with Gasteiger partial charge < -0.3 is 5.32 Å². The zero-order valence-corrected chi connectivity index (χ0v) is 16.5. The molecule has 1 amide bonds. The monoisotopic (exact) mass is 425 g/mol. The standard InChI is InChI=1S/C18H16BrN7O/c1-10-6-13(16-11(2)24-25(3)17(16)22-10)18(27)23-14-7-12(19)4-5-15(14)26-9-20-8-21-26/h4-9H,1-3H3,(H,23,27). The van der Waals surface area contributed by atoms with Crippen LogP contribution in [0.1, 0.15) is 21.7 Å². The predicted molar refractivity (Wildman–Crippen MR) is 105 cm³/mol. The minimum absolute atomic E-state index is 0.235. The van der Waals surface area contributed by atoms with E-state index in [2.05, 4.69) is 41.4 Å². The average Bonchev–Trinajstić information content (AvgIpc) is 3.23. The van der Waals surface area contributed by atoms with Crippen molar-refractivity contribution in [1.29, 1.82) is 0 Å². The van der Waals surface area contributed by atoms with Gasteiger partial charge in [-0.05, 0) is 38.1 Å². The van der Waals surface area contributed by atoms with Gasteiger partial charge in [0.15, 0.2) is 5.65 Å². The summed E-state index contributed by atoms with van der Waals surface area (Å²) >= 11 is 3.45. The number of nitrogens with zero attached hydrogens (tertiary/aromatic N) is 6. The van der Waals surface area contributed by atoms with E-state index >= 15 is 0 Å².